The topological polar surface area (TPSA) is 43.4 Å². The van der Waals surface area contributed by atoms with Crippen molar-refractivity contribution in [2.75, 3.05) is 0 Å². The Morgan fingerprint density at radius 1 is 1.29 bits per heavy atom. The summed E-state index contributed by atoms with van der Waals surface area (Å²) in [6, 6.07) is 0. The minimum absolute atomic E-state index is 0.0543. The maximum atomic E-state index is 12.6. The van der Waals surface area contributed by atoms with E-state index in [2.05, 4.69) is 46.8 Å². The molecule has 3 nitrogen and oxygen atoms in total. The van der Waals surface area contributed by atoms with Crippen molar-refractivity contribution in [3.05, 3.63) is 34.9 Å². The molecule has 2 aliphatic rings. The normalized spacial score (nSPS) is 28.4. The largest absolute Gasteiger partial charge is 0.457 e. The van der Waals surface area contributed by atoms with E-state index in [-0.39, 0.29) is 35.1 Å². The second kappa shape index (κ2) is 7.08. The first-order valence-corrected chi connectivity index (χ1v) is 8.93. The van der Waals surface area contributed by atoms with E-state index in [1.807, 2.05) is 13.0 Å². The molecule has 0 spiro atoms. The molecule has 3 heteroatoms. The first kappa shape index (κ1) is 18.7. The molecule has 0 N–H and O–H groups in total. The number of ketones is 1. The molecule has 24 heavy (non-hydrogen) atoms. The summed E-state index contributed by atoms with van der Waals surface area (Å²) in [5.74, 6) is 0.0923. The molecular weight excluding hydrogens is 300 g/mol. The van der Waals surface area contributed by atoms with E-state index < -0.39 is 0 Å². The number of allylic oxidation sites excluding steroid dienone is 5. The predicted molar refractivity (Wildman–Crippen MR) is 96.4 cm³/mol. The Kier molecular flexibility index (Phi) is 5.52. The van der Waals surface area contributed by atoms with E-state index in [1.54, 1.807) is 0 Å². The third-order valence-electron chi connectivity index (χ3n) is 5.33. The van der Waals surface area contributed by atoms with Gasteiger partial charge in [-0.2, -0.15) is 0 Å². The SMILES string of the molecule is CCC=CCC1=C(C)C(OC(=O)C2C(C=C(C)C)C2(C)C)CC1=O. The van der Waals surface area contributed by atoms with Crippen molar-refractivity contribution < 1.29 is 14.3 Å². The number of rotatable bonds is 6. The van der Waals surface area contributed by atoms with Crippen molar-refractivity contribution in [2.24, 2.45) is 17.3 Å². The van der Waals surface area contributed by atoms with Gasteiger partial charge in [-0.1, -0.05) is 44.6 Å². The van der Waals surface area contributed by atoms with Crippen LogP contribution in [0.4, 0.5) is 0 Å². The number of Topliss-reactive ketones (excluding diaryl/α,β-unsaturated/α-hetero) is 1. The minimum atomic E-state index is -0.376. The standard InChI is InChI=1S/C21H30O3/c1-7-8-9-10-15-14(4)18(12-17(15)22)24-20(23)19-16(11-13(2)3)21(19,5)6/h8-9,11,16,18-19H,7,10,12H2,1-6H3. The number of esters is 1. The van der Waals surface area contributed by atoms with Crippen molar-refractivity contribution in [1.29, 1.82) is 0 Å². The molecule has 3 unspecified atom stereocenters. The van der Waals surface area contributed by atoms with Gasteiger partial charge < -0.3 is 4.74 Å². The van der Waals surface area contributed by atoms with Crippen molar-refractivity contribution in [3.8, 4) is 0 Å². The highest BCUT2D eigenvalue weighted by Crippen LogP contribution is 2.60. The molecular formula is C21H30O3. The summed E-state index contributed by atoms with van der Waals surface area (Å²) in [6.45, 7) is 12.3. The molecule has 1 saturated carbocycles. The number of carbonyl (C=O) groups is 2. The maximum Gasteiger partial charge on any atom is 0.310 e. The van der Waals surface area contributed by atoms with E-state index >= 15 is 0 Å². The monoisotopic (exact) mass is 330 g/mol. The zero-order valence-electron chi connectivity index (χ0n) is 15.8. The molecule has 0 bridgehead atoms. The summed E-state index contributed by atoms with van der Waals surface area (Å²) in [5.41, 5.74) is 2.90. The van der Waals surface area contributed by atoms with Crippen LogP contribution >= 0.6 is 0 Å². The molecule has 0 aromatic carbocycles. The zero-order valence-corrected chi connectivity index (χ0v) is 15.8. The minimum Gasteiger partial charge on any atom is -0.457 e. The van der Waals surface area contributed by atoms with Gasteiger partial charge in [0.15, 0.2) is 5.78 Å². The van der Waals surface area contributed by atoms with Crippen LogP contribution in [0.3, 0.4) is 0 Å². The Bertz CT molecular complexity index is 615. The van der Waals surface area contributed by atoms with Crippen LogP contribution in [0.1, 0.15) is 60.8 Å². The maximum absolute atomic E-state index is 12.6. The molecule has 0 radical (unpaired) electrons. The van der Waals surface area contributed by atoms with E-state index in [4.69, 9.17) is 4.74 Å². The van der Waals surface area contributed by atoms with Gasteiger partial charge in [0, 0.05) is 5.57 Å². The fourth-order valence-corrected chi connectivity index (χ4v) is 3.64. The summed E-state index contributed by atoms with van der Waals surface area (Å²) in [7, 11) is 0. The highest BCUT2D eigenvalue weighted by molar-refractivity contribution is 6.00. The average molecular weight is 330 g/mol. The summed E-state index contributed by atoms with van der Waals surface area (Å²) in [4.78, 5) is 24.8. The number of carbonyl (C=O) groups excluding carboxylic acids is 2. The molecule has 0 aromatic rings. The zero-order chi connectivity index (χ0) is 18.1. The van der Waals surface area contributed by atoms with E-state index in [9.17, 15) is 9.59 Å². The Morgan fingerprint density at radius 2 is 1.96 bits per heavy atom. The second-order valence-corrected chi connectivity index (χ2v) is 7.87. The number of hydrogen-bond acceptors (Lipinski definition) is 3. The Labute approximate surface area is 145 Å². The van der Waals surface area contributed by atoms with Gasteiger partial charge in [-0.25, -0.2) is 0 Å². The molecule has 0 aliphatic heterocycles. The lowest BCUT2D eigenvalue weighted by atomic mass is 10.1. The highest BCUT2D eigenvalue weighted by Gasteiger charge is 2.61. The second-order valence-electron chi connectivity index (χ2n) is 7.87. The fraction of sp³-hybridized carbons (Fsp3) is 0.619. The smallest absolute Gasteiger partial charge is 0.310 e. The average Bonchev–Trinajstić information content (AvgIpc) is 2.90. The number of ether oxygens (including phenoxy) is 1. The molecule has 0 aromatic heterocycles. The van der Waals surface area contributed by atoms with Crippen LogP contribution < -0.4 is 0 Å². The molecule has 0 amide bonds. The summed E-state index contributed by atoms with van der Waals surface area (Å²) < 4.78 is 5.73. The van der Waals surface area contributed by atoms with Crippen LogP contribution in [0.15, 0.2) is 34.9 Å². The van der Waals surface area contributed by atoms with Gasteiger partial charge in [-0.3, -0.25) is 9.59 Å². The third-order valence-corrected chi connectivity index (χ3v) is 5.33. The van der Waals surface area contributed by atoms with Gasteiger partial charge in [0.25, 0.3) is 0 Å². The van der Waals surface area contributed by atoms with E-state index in [0.717, 1.165) is 17.6 Å². The van der Waals surface area contributed by atoms with E-state index in [1.165, 1.54) is 5.57 Å². The first-order valence-electron chi connectivity index (χ1n) is 8.93. The van der Waals surface area contributed by atoms with E-state index in [0.29, 0.717) is 12.8 Å². The van der Waals surface area contributed by atoms with Gasteiger partial charge in [0.1, 0.15) is 6.10 Å². The lowest BCUT2D eigenvalue weighted by molar-refractivity contribution is -0.150. The Morgan fingerprint density at radius 3 is 2.54 bits per heavy atom. The van der Waals surface area contributed by atoms with Crippen molar-refractivity contribution in [2.45, 2.75) is 66.9 Å². The summed E-state index contributed by atoms with van der Waals surface area (Å²) >= 11 is 0. The van der Waals surface area contributed by atoms with Gasteiger partial charge in [-0.05, 0) is 50.5 Å². The lowest BCUT2D eigenvalue weighted by Gasteiger charge is -2.13. The third kappa shape index (κ3) is 3.71. The fourth-order valence-electron chi connectivity index (χ4n) is 3.64. The Balaban J connectivity index is 2.04. The molecule has 2 aliphatic carbocycles. The molecule has 2 rings (SSSR count). The molecule has 132 valence electrons. The first-order chi connectivity index (χ1) is 11.2. The molecule has 3 atom stereocenters. The van der Waals surface area contributed by atoms with Crippen LogP contribution in [0, 0.1) is 17.3 Å². The summed E-state index contributed by atoms with van der Waals surface area (Å²) in [6.07, 6.45) is 7.77. The van der Waals surface area contributed by atoms with Crippen LogP contribution in [0.25, 0.3) is 0 Å². The quantitative estimate of drug-likeness (QED) is 0.520. The van der Waals surface area contributed by atoms with Crippen molar-refractivity contribution in [1.82, 2.24) is 0 Å². The molecule has 0 saturated heterocycles. The van der Waals surface area contributed by atoms with Crippen molar-refractivity contribution in [3.63, 3.8) is 0 Å². The Hall–Kier alpha value is -1.64. The van der Waals surface area contributed by atoms with Gasteiger partial charge in [0.05, 0.1) is 12.3 Å². The van der Waals surface area contributed by atoms with Crippen molar-refractivity contribution >= 4 is 11.8 Å². The van der Waals surface area contributed by atoms with Crippen LogP contribution in [-0.4, -0.2) is 17.9 Å². The van der Waals surface area contributed by atoms with Gasteiger partial charge in [-0.15, -0.1) is 0 Å². The highest BCUT2D eigenvalue weighted by atomic mass is 16.5. The van der Waals surface area contributed by atoms with Crippen LogP contribution in [-0.2, 0) is 14.3 Å². The molecule has 0 heterocycles. The van der Waals surface area contributed by atoms with Crippen LogP contribution in [0.5, 0.6) is 0 Å². The van der Waals surface area contributed by atoms with Gasteiger partial charge in [0.2, 0.25) is 0 Å². The van der Waals surface area contributed by atoms with Gasteiger partial charge >= 0.3 is 5.97 Å². The lowest BCUT2D eigenvalue weighted by Crippen LogP contribution is -2.20. The predicted octanol–water partition coefficient (Wildman–Crippen LogP) is 4.78. The molecule has 1 fully saturated rings. The summed E-state index contributed by atoms with van der Waals surface area (Å²) in [5, 5.41) is 0. The number of hydrogen-bond donors (Lipinski definition) is 0. The van der Waals surface area contributed by atoms with Crippen LogP contribution in [0.2, 0.25) is 0 Å².